The summed E-state index contributed by atoms with van der Waals surface area (Å²) >= 11 is 1.47. The van der Waals surface area contributed by atoms with Gasteiger partial charge in [0.05, 0.1) is 11.7 Å². The number of hydrogen-bond donors (Lipinski definition) is 1. The van der Waals surface area contributed by atoms with Crippen molar-refractivity contribution in [3.63, 3.8) is 0 Å². The molecule has 0 aromatic heterocycles. The topological polar surface area (TPSA) is 20.2 Å². The summed E-state index contributed by atoms with van der Waals surface area (Å²) in [4.78, 5) is 0. The summed E-state index contributed by atoms with van der Waals surface area (Å²) in [5.74, 6) is -1.08. The van der Waals surface area contributed by atoms with Crippen LogP contribution in [0.4, 0.5) is 8.78 Å². The zero-order valence-corrected chi connectivity index (χ0v) is 9.52. The Morgan fingerprint density at radius 1 is 1.27 bits per heavy atom. The minimum atomic E-state index is -1.08. The molecule has 15 heavy (non-hydrogen) atoms. The van der Waals surface area contributed by atoms with E-state index in [4.69, 9.17) is 0 Å². The molecule has 1 nitrogen and oxygen atoms in total. The summed E-state index contributed by atoms with van der Waals surface area (Å²) in [5, 5.41) is 9.96. The van der Waals surface area contributed by atoms with Crippen LogP contribution in [0.3, 0.4) is 0 Å². The van der Waals surface area contributed by atoms with E-state index in [0.29, 0.717) is 11.0 Å². The van der Waals surface area contributed by atoms with Gasteiger partial charge < -0.3 is 5.11 Å². The van der Waals surface area contributed by atoms with E-state index >= 15 is 0 Å². The first-order valence-corrected chi connectivity index (χ1v) is 5.80. The van der Waals surface area contributed by atoms with Crippen molar-refractivity contribution < 1.29 is 13.9 Å². The second-order valence-corrected chi connectivity index (χ2v) is 5.14. The lowest BCUT2D eigenvalue weighted by Crippen LogP contribution is -2.08. The zero-order valence-electron chi connectivity index (χ0n) is 8.71. The summed E-state index contributed by atoms with van der Waals surface area (Å²) in [6.07, 6.45) is -1.08. The first kappa shape index (κ1) is 12.5. The second kappa shape index (κ2) is 5.47. The highest BCUT2D eigenvalue weighted by Crippen LogP contribution is 2.25. The molecule has 1 unspecified atom stereocenters. The Hall–Kier alpha value is -0.610. The molecule has 0 aliphatic heterocycles. The Bertz CT molecular complexity index is 308. The quantitative estimate of drug-likeness (QED) is 0.860. The average molecular weight is 232 g/mol. The Kier molecular flexibility index (Phi) is 4.54. The van der Waals surface area contributed by atoms with Crippen molar-refractivity contribution in [2.24, 2.45) is 0 Å². The van der Waals surface area contributed by atoms with E-state index in [1.807, 2.05) is 13.8 Å². The third-order valence-corrected chi connectivity index (χ3v) is 3.10. The zero-order chi connectivity index (χ0) is 11.4. The normalized spacial score (nSPS) is 13.2. The molecular weight excluding hydrogens is 218 g/mol. The second-order valence-electron chi connectivity index (χ2n) is 3.53. The molecule has 1 atom stereocenters. The molecule has 0 bridgehead atoms. The maximum Gasteiger partial charge on any atom is 0.131 e. The Labute approximate surface area is 92.5 Å². The molecule has 1 aromatic carbocycles. The monoisotopic (exact) mass is 232 g/mol. The maximum absolute atomic E-state index is 13.2. The Balaban J connectivity index is 2.77. The van der Waals surface area contributed by atoms with Gasteiger partial charge in [0, 0.05) is 5.75 Å². The van der Waals surface area contributed by atoms with Crippen LogP contribution in [-0.4, -0.2) is 16.1 Å². The number of halogens is 2. The minimum Gasteiger partial charge on any atom is -0.387 e. The van der Waals surface area contributed by atoms with E-state index in [1.54, 1.807) is 0 Å². The van der Waals surface area contributed by atoms with Crippen LogP contribution in [0.2, 0.25) is 0 Å². The SMILES string of the molecule is CC(C)SCC(O)c1c(F)cccc1F. The summed E-state index contributed by atoms with van der Waals surface area (Å²) in [6.45, 7) is 3.93. The van der Waals surface area contributed by atoms with Gasteiger partial charge in [-0.1, -0.05) is 19.9 Å². The molecule has 1 aromatic rings. The largest absolute Gasteiger partial charge is 0.387 e. The molecule has 0 spiro atoms. The van der Waals surface area contributed by atoms with E-state index in [2.05, 4.69) is 0 Å². The van der Waals surface area contributed by atoms with Crippen molar-refractivity contribution in [1.82, 2.24) is 0 Å². The predicted molar refractivity (Wildman–Crippen MR) is 58.9 cm³/mol. The molecule has 0 fully saturated rings. The number of benzene rings is 1. The number of hydrogen-bond acceptors (Lipinski definition) is 2. The van der Waals surface area contributed by atoms with Crippen LogP contribution in [0.5, 0.6) is 0 Å². The predicted octanol–water partition coefficient (Wildman–Crippen LogP) is 3.14. The van der Waals surface area contributed by atoms with Crippen LogP contribution in [0.15, 0.2) is 18.2 Å². The van der Waals surface area contributed by atoms with Gasteiger partial charge in [0.15, 0.2) is 0 Å². The smallest absolute Gasteiger partial charge is 0.131 e. The molecule has 1 N–H and O–H groups in total. The van der Waals surface area contributed by atoms with E-state index < -0.39 is 17.7 Å². The van der Waals surface area contributed by atoms with Crippen LogP contribution in [0, 0.1) is 11.6 Å². The lowest BCUT2D eigenvalue weighted by atomic mass is 10.1. The van der Waals surface area contributed by atoms with E-state index in [9.17, 15) is 13.9 Å². The third kappa shape index (κ3) is 3.47. The van der Waals surface area contributed by atoms with Gasteiger partial charge in [-0.2, -0.15) is 11.8 Å². The van der Waals surface area contributed by atoms with Gasteiger partial charge in [0.25, 0.3) is 0 Å². The summed E-state index contributed by atoms with van der Waals surface area (Å²) in [5.41, 5.74) is -0.231. The summed E-state index contributed by atoms with van der Waals surface area (Å²) < 4.78 is 26.4. The third-order valence-electron chi connectivity index (χ3n) is 1.92. The van der Waals surface area contributed by atoms with Gasteiger partial charge in [-0.15, -0.1) is 0 Å². The molecule has 0 aliphatic rings. The van der Waals surface area contributed by atoms with Gasteiger partial charge in [0.1, 0.15) is 11.6 Å². The molecule has 0 aliphatic carbocycles. The van der Waals surface area contributed by atoms with Crippen LogP contribution < -0.4 is 0 Å². The van der Waals surface area contributed by atoms with Crippen LogP contribution in [-0.2, 0) is 0 Å². The summed E-state index contributed by atoms with van der Waals surface area (Å²) in [6, 6.07) is 3.60. The van der Waals surface area contributed by atoms with Crippen molar-refractivity contribution in [2.45, 2.75) is 25.2 Å². The standard InChI is InChI=1S/C11H14F2OS/c1-7(2)15-6-10(14)11-8(12)4-3-5-9(11)13/h3-5,7,10,14H,6H2,1-2H3. The van der Waals surface area contributed by atoms with Gasteiger partial charge in [-0.05, 0) is 17.4 Å². The molecule has 0 saturated heterocycles. The number of thioether (sulfide) groups is 1. The van der Waals surface area contributed by atoms with Crippen LogP contribution in [0.1, 0.15) is 25.5 Å². The van der Waals surface area contributed by atoms with Gasteiger partial charge in [0.2, 0.25) is 0 Å². The fourth-order valence-corrected chi connectivity index (χ4v) is 1.93. The lowest BCUT2D eigenvalue weighted by Gasteiger charge is -2.13. The van der Waals surface area contributed by atoms with Crippen LogP contribution in [0.25, 0.3) is 0 Å². The van der Waals surface area contributed by atoms with Crippen molar-refractivity contribution in [2.75, 3.05) is 5.75 Å². The average Bonchev–Trinajstić information content (AvgIpc) is 2.14. The minimum absolute atomic E-state index is 0.231. The molecule has 0 amide bonds. The number of rotatable bonds is 4. The van der Waals surface area contributed by atoms with E-state index in [0.717, 1.165) is 12.1 Å². The van der Waals surface area contributed by atoms with Crippen molar-refractivity contribution in [1.29, 1.82) is 0 Å². The Morgan fingerprint density at radius 2 is 1.80 bits per heavy atom. The highest BCUT2D eigenvalue weighted by atomic mass is 32.2. The highest BCUT2D eigenvalue weighted by Gasteiger charge is 2.17. The molecule has 0 radical (unpaired) electrons. The summed E-state index contributed by atoms with van der Waals surface area (Å²) in [7, 11) is 0. The number of aliphatic hydroxyl groups is 1. The van der Waals surface area contributed by atoms with Crippen molar-refractivity contribution in [3.05, 3.63) is 35.4 Å². The maximum atomic E-state index is 13.2. The number of aliphatic hydroxyl groups excluding tert-OH is 1. The first-order valence-electron chi connectivity index (χ1n) is 4.76. The molecular formula is C11H14F2OS. The Morgan fingerprint density at radius 3 is 2.27 bits per heavy atom. The van der Waals surface area contributed by atoms with Crippen LogP contribution >= 0.6 is 11.8 Å². The van der Waals surface area contributed by atoms with E-state index in [-0.39, 0.29) is 5.56 Å². The molecule has 0 saturated carbocycles. The van der Waals surface area contributed by atoms with E-state index in [1.165, 1.54) is 17.8 Å². The van der Waals surface area contributed by atoms with Crippen molar-refractivity contribution >= 4 is 11.8 Å². The molecule has 1 rings (SSSR count). The van der Waals surface area contributed by atoms with Crippen molar-refractivity contribution in [3.8, 4) is 0 Å². The molecule has 4 heteroatoms. The fraction of sp³-hybridized carbons (Fsp3) is 0.455. The molecule has 84 valence electrons. The highest BCUT2D eigenvalue weighted by molar-refractivity contribution is 7.99. The van der Waals surface area contributed by atoms with Gasteiger partial charge in [-0.25, -0.2) is 8.78 Å². The molecule has 0 heterocycles. The van der Waals surface area contributed by atoms with Gasteiger partial charge in [-0.3, -0.25) is 0 Å². The lowest BCUT2D eigenvalue weighted by molar-refractivity contribution is 0.193. The van der Waals surface area contributed by atoms with Gasteiger partial charge >= 0.3 is 0 Å². The fourth-order valence-electron chi connectivity index (χ4n) is 1.20. The first-order chi connectivity index (χ1) is 7.02.